The maximum atomic E-state index is 14.2. The fraction of sp³-hybridized carbons (Fsp3) is 0.571. The molecule has 364 valence electrons. The van der Waals surface area contributed by atoms with Crippen LogP contribution < -0.4 is 0 Å². The number of non-ortho nitro benzene ring substituents is 1. The quantitative estimate of drug-likeness (QED) is 0.00757. The summed E-state index contributed by atoms with van der Waals surface area (Å²) >= 11 is 0. The van der Waals surface area contributed by atoms with Gasteiger partial charge in [-0.3, -0.25) is 10.1 Å². The van der Waals surface area contributed by atoms with Crippen LogP contribution in [0, 0.1) is 10.1 Å². The highest BCUT2D eigenvalue weighted by Crippen LogP contribution is 2.47. The molecule has 0 N–H and O–H groups in total. The number of hydrogen-bond acceptors (Lipinski definition) is 10. The molecule has 0 bridgehead atoms. The van der Waals surface area contributed by atoms with Crippen molar-refractivity contribution >= 4 is 72.7 Å². The second-order valence-electron chi connectivity index (χ2n) is 18.2. The minimum absolute atomic E-state index is 0.0943. The number of carbonyl (C=O) groups is 4. The molecule has 0 amide bonds. The van der Waals surface area contributed by atoms with Crippen molar-refractivity contribution in [2.75, 3.05) is 26.4 Å². The zero-order chi connectivity index (χ0) is 48.0. The number of ether oxygens (including phenoxy) is 4. The summed E-state index contributed by atoms with van der Waals surface area (Å²) in [7, 11) is 0. The van der Waals surface area contributed by atoms with Crippen LogP contribution in [0.1, 0.15) is 223 Å². The summed E-state index contributed by atoms with van der Waals surface area (Å²) in [6.07, 6.45) is 24.0. The van der Waals surface area contributed by atoms with Gasteiger partial charge in [-0.25, -0.2) is 19.2 Å². The smallest absolute Gasteiger partial charge is 0.339 e. The van der Waals surface area contributed by atoms with Crippen LogP contribution in [0.3, 0.4) is 0 Å². The highest BCUT2D eigenvalue weighted by molar-refractivity contribution is 6.39. The van der Waals surface area contributed by atoms with Crippen LogP contribution in [0.2, 0.25) is 0 Å². The van der Waals surface area contributed by atoms with E-state index < -0.39 is 28.8 Å². The molecule has 0 aliphatic rings. The predicted molar refractivity (Wildman–Crippen MR) is 269 cm³/mol. The average Bonchev–Trinajstić information content (AvgIpc) is 3.33. The normalized spacial score (nSPS) is 11.5. The minimum Gasteiger partial charge on any atom is -0.462 e. The van der Waals surface area contributed by atoms with Crippen molar-refractivity contribution in [3.63, 3.8) is 0 Å². The maximum absolute atomic E-state index is 14.2. The summed E-state index contributed by atoms with van der Waals surface area (Å²) in [6.45, 7) is 9.34. The van der Waals surface area contributed by atoms with Crippen molar-refractivity contribution in [2.45, 2.75) is 182 Å². The highest BCUT2D eigenvalue weighted by atomic mass is 16.6. The van der Waals surface area contributed by atoms with Crippen LogP contribution in [0.4, 0.5) is 5.69 Å². The molecule has 0 aromatic heterocycles. The van der Waals surface area contributed by atoms with Gasteiger partial charge in [-0.15, -0.1) is 0 Å². The summed E-state index contributed by atoms with van der Waals surface area (Å²) < 4.78 is 23.4. The van der Waals surface area contributed by atoms with E-state index in [1.165, 1.54) is 6.07 Å². The summed E-state index contributed by atoms with van der Waals surface area (Å²) in [6, 6.07) is 11.1. The number of nitrogens with zero attached hydrogens (tertiary/aromatic N) is 1. The average molecular weight is 922 g/mol. The second kappa shape index (κ2) is 28.1. The molecule has 11 heteroatoms. The third-order valence-corrected chi connectivity index (χ3v) is 13.0. The molecule has 5 aromatic carbocycles. The molecule has 0 saturated heterocycles. The van der Waals surface area contributed by atoms with Crippen LogP contribution in [0.5, 0.6) is 0 Å². The van der Waals surface area contributed by atoms with Crippen molar-refractivity contribution < 1.29 is 43.0 Å². The second-order valence-corrected chi connectivity index (χ2v) is 18.2. The molecule has 0 aliphatic heterocycles. The SMILES string of the molecule is CCCCCCCCOC(=O)c1ccc2c3ccc(C(=O)OCCCCCCCC)c4c(C(=O)OCCCCCCCC)cc([N+](=O)[O-])c(c5ccc(C(=O)OCCCCCCCC)c1c25)c43. The Morgan fingerprint density at radius 2 is 0.672 bits per heavy atom. The number of rotatable bonds is 33. The van der Waals surface area contributed by atoms with Crippen molar-refractivity contribution in [1.82, 2.24) is 0 Å². The first-order valence-electron chi connectivity index (χ1n) is 25.8. The molecular formula is C56H75NO10. The molecule has 0 heterocycles. The molecule has 0 spiro atoms. The van der Waals surface area contributed by atoms with Crippen molar-refractivity contribution in [3.05, 3.63) is 74.8 Å². The standard InChI is InChI=1S/C56H75NO10/c1-5-9-13-17-21-25-35-64-53(58)43-32-29-40-41-30-33-45(55(60)66-37-27-23-19-15-11-7-3)50-46(56(61)67-38-28-24-20-16-12-8-4)39-47(57(62)63)51(52(41)50)42-31-34-44(49(43)48(40)42)54(59)65-36-26-22-18-14-10-6-2/h29-34,39H,5-28,35-38H2,1-4H3. The van der Waals surface area contributed by atoms with E-state index in [2.05, 4.69) is 27.7 Å². The van der Waals surface area contributed by atoms with E-state index in [4.69, 9.17) is 18.9 Å². The number of benzene rings is 5. The number of fused-ring (bicyclic) bond motifs is 2. The molecule has 0 saturated carbocycles. The van der Waals surface area contributed by atoms with Gasteiger partial charge >= 0.3 is 23.9 Å². The van der Waals surface area contributed by atoms with Crippen LogP contribution >= 0.6 is 0 Å². The van der Waals surface area contributed by atoms with Gasteiger partial charge in [-0.05, 0) is 65.4 Å². The molecule has 67 heavy (non-hydrogen) atoms. The largest absolute Gasteiger partial charge is 0.462 e. The Morgan fingerprint density at radius 3 is 1.03 bits per heavy atom. The van der Waals surface area contributed by atoms with Crippen molar-refractivity contribution in [2.24, 2.45) is 0 Å². The molecule has 0 aliphatic carbocycles. The van der Waals surface area contributed by atoms with E-state index in [9.17, 15) is 29.3 Å². The summed E-state index contributed by atoms with van der Waals surface area (Å²) in [5.74, 6) is -2.64. The van der Waals surface area contributed by atoms with Gasteiger partial charge in [0.05, 0.1) is 59.0 Å². The Labute approximate surface area is 397 Å². The van der Waals surface area contributed by atoms with E-state index in [1.54, 1.807) is 36.4 Å². The first-order valence-corrected chi connectivity index (χ1v) is 25.8. The zero-order valence-electron chi connectivity index (χ0n) is 40.9. The molecule has 11 nitrogen and oxygen atoms in total. The van der Waals surface area contributed by atoms with E-state index in [-0.39, 0.29) is 70.5 Å². The van der Waals surface area contributed by atoms with Gasteiger partial charge in [0, 0.05) is 22.2 Å². The lowest BCUT2D eigenvalue weighted by atomic mass is 9.83. The Morgan fingerprint density at radius 1 is 0.373 bits per heavy atom. The molecule has 5 aromatic rings. The van der Waals surface area contributed by atoms with Crippen LogP contribution in [-0.2, 0) is 18.9 Å². The van der Waals surface area contributed by atoms with Crippen LogP contribution in [0.15, 0.2) is 42.5 Å². The lowest BCUT2D eigenvalue weighted by Gasteiger charge is -2.20. The first-order chi connectivity index (χ1) is 32.7. The number of carbonyl (C=O) groups excluding carboxylic acids is 4. The summed E-state index contributed by atoms with van der Waals surface area (Å²) in [5, 5.41) is 16.1. The van der Waals surface area contributed by atoms with Crippen molar-refractivity contribution in [1.29, 1.82) is 0 Å². The number of esters is 4. The van der Waals surface area contributed by atoms with E-state index in [0.717, 1.165) is 128 Å². The van der Waals surface area contributed by atoms with Gasteiger partial charge in [-0.2, -0.15) is 0 Å². The van der Waals surface area contributed by atoms with E-state index in [0.29, 0.717) is 52.6 Å². The third-order valence-electron chi connectivity index (χ3n) is 13.0. The number of nitro benzene ring substituents is 1. The zero-order valence-corrected chi connectivity index (χ0v) is 40.9. The number of hydrogen-bond donors (Lipinski definition) is 0. The summed E-state index contributed by atoms with van der Waals surface area (Å²) in [4.78, 5) is 69.2. The van der Waals surface area contributed by atoms with Crippen LogP contribution in [0.25, 0.3) is 43.1 Å². The monoisotopic (exact) mass is 922 g/mol. The predicted octanol–water partition coefficient (Wildman–Crippen LogP) is 15.7. The van der Waals surface area contributed by atoms with Gasteiger partial charge in [0.15, 0.2) is 0 Å². The highest BCUT2D eigenvalue weighted by Gasteiger charge is 2.32. The molecule has 0 radical (unpaired) electrons. The Balaban J connectivity index is 1.66. The fourth-order valence-electron chi connectivity index (χ4n) is 9.29. The van der Waals surface area contributed by atoms with E-state index in [1.807, 2.05) is 0 Å². The van der Waals surface area contributed by atoms with Crippen LogP contribution in [-0.4, -0.2) is 55.2 Å². The van der Waals surface area contributed by atoms with Crippen molar-refractivity contribution in [3.8, 4) is 0 Å². The molecule has 0 unspecified atom stereocenters. The molecule has 5 rings (SSSR count). The Hall–Kier alpha value is -5.32. The van der Waals surface area contributed by atoms with Gasteiger partial charge < -0.3 is 18.9 Å². The first kappa shape index (κ1) is 52.6. The number of nitro groups is 1. The van der Waals surface area contributed by atoms with Gasteiger partial charge in [-0.1, -0.05) is 174 Å². The van der Waals surface area contributed by atoms with Gasteiger partial charge in [0.1, 0.15) is 0 Å². The van der Waals surface area contributed by atoms with Gasteiger partial charge in [0.25, 0.3) is 5.69 Å². The molecule has 0 atom stereocenters. The topological polar surface area (TPSA) is 148 Å². The van der Waals surface area contributed by atoms with E-state index >= 15 is 0 Å². The lowest BCUT2D eigenvalue weighted by Crippen LogP contribution is -2.14. The summed E-state index contributed by atoms with van der Waals surface area (Å²) in [5.41, 5.74) is -0.0964. The maximum Gasteiger partial charge on any atom is 0.339 e. The fourth-order valence-corrected chi connectivity index (χ4v) is 9.29. The van der Waals surface area contributed by atoms with Gasteiger partial charge in [0.2, 0.25) is 0 Å². The Kier molecular flexibility index (Phi) is 22.1. The lowest BCUT2D eigenvalue weighted by molar-refractivity contribution is -0.383. The minimum atomic E-state index is -0.770. The number of unbranched alkanes of at least 4 members (excludes halogenated alkanes) is 20. The third kappa shape index (κ3) is 14.1. The molecule has 0 fully saturated rings. The molecular weight excluding hydrogens is 847 g/mol. The Bertz CT molecular complexity index is 2370.